The van der Waals surface area contributed by atoms with E-state index in [0.717, 1.165) is 0 Å². The maximum atomic E-state index is 8.88. The second kappa shape index (κ2) is 13.8. The van der Waals surface area contributed by atoms with Gasteiger partial charge in [-0.2, -0.15) is 0 Å². The molecular formula is H13NaO16P4. The van der Waals surface area contributed by atoms with Crippen molar-refractivity contribution in [3.8, 4) is 0 Å². The summed E-state index contributed by atoms with van der Waals surface area (Å²) in [6.07, 6.45) is 0. The third kappa shape index (κ3) is 3910. The van der Waals surface area contributed by atoms with Crippen molar-refractivity contribution < 1.29 is 77.0 Å². The van der Waals surface area contributed by atoms with Gasteiger partial charge in [0.25, 0.3) is 0 Å². The van der Waals surface area contributed by atoms with Gasteiger partial charge in [0.2, 0.25) is 0 Å². The number of phosphoric acid groups is 4. The Morgan fingerprint density at radius 1 is 0.333 bits per heavy atom. The summed E-state index contributed by atoms with van der Waals surface area (Å²) in [5.74, 6) is 0. The van der Waals surface area contributed by atoms with Gasteiger partial charge >= 0.3 is 60.8 Å². The molecule has 12 N–H and O–H groups in total. The van der Waals surface area contributed by atoms with Crippen LogP contribution in [0.1, 0.15) is 0 Å². The Balaban J connectivity index is -0.0000000533. The zero-order valence-corrected chi connectivity index (χ0v) is 12.4. The van der Waals surface area contributed by atoms with Gasteiger partial charge in [-0.05, 0) is 0 Å². The molecule has 130 valence electrons. The number of rotatable bonds is 0. The van der Waals surface area contributed by atoms with Crippen LogP contribution in [0.4, 0.5) is 0 Å². The van der Waals surface area contributed by atoms with E-state index < -0.39 is 31.3 Å². The van der Waals surface area contributed by atoms with E-state index in [0.29, 0.717) is 0 Å². The molecule has 16 nitrogen and oxygen atoms in total. The topological polar surface area (TPSA) is 311 Å². The predicted molar refractivity (Wildman–Crippen MR) is 64.2 cm³/mol. The molecule has 0 aliphatic heterocycles. The zero-order chi connectivity index (χ0) is 18.0. The van der Waals surface area contributed by atoms with Crippen LogP contribution in [-0.4, -0.2) is 88.3 Å². The molecule has 0 spiro atoms. The van der Waals surface area contributed by atoms with E-state index in [4.69, 9.17) is 77.0 Å². The molecule has 0 aliphatic rings. The summed E-state index contributed by atoms with van der Waals surface area (Å²) < 4.78 is 35.5. The first-order chi connectivity index (χ1) is 8.00. The Kier molecular flexibility index (Phi) is 22.4. The molecule has 0 bridgehead atoms. The van der Waals surface area contributed by atoms with Gasteiger partial charge in [0.15, 0.2) is 0 Å². The van der Waals surface area contributed by atoms with Crippen LogP contribution in [0.25, 0.3) is 0 Å². The first-order valence-corrected chi connectivity index (χ1v) is 9.39. The fraction of sp³-hybridized carbons (Fsp3) is 0. The second-order valence-electron chi connectivity index (χ2n) is 2.05. The van der Waals surface area contributed by atoms with E-state index in [-0.39, 0.29) is 29.6 Å². The van der Waals surface area contributed by atoms with Crippen LogP contribution < -0.4 is 0 Å². The van der Waals surface area contributed by atoms with Crippen molar-refractivity contribution in [3.05, 3.63) is 0 Å². The monoisotopic (exact) mass is 416 g/mol. The summed E-state index contributed by atoms with van der Waals surface area (Å²) in [7, 11) is -18.6. The van der Waals surface area contributed by atoms with E-state index >= 15 is 0 Å². The Hall–Kier alpha value is 1.44. The van der Waals surface area contributed by atoms with Crippen molar-refractivity contribution in [1.82, 2.24) is 0 Å². The summed E-state index contributed by atoms with van der Waals surface area (Å²) >= 11 is 0. The van der Waals surface area contributed by atoms with Gasteiger partial charge in [0.1, 0.15) is 0 Å². The van der Waals surface area contributed by atoms with Gasteiger partial charge in [0, 0.05) is 0 Å². The zero-order valence-electron chi connectivity index (χ0n) is 8.79. The van der Waals surface area contributed by atoms with Crippen LogP contribution in [0.3, 0.4) is 0 Å². The molecule has 21 heavy (non-hydrogen) atoms. The molecule has 0 heterocycles. The number of hydrogen-bond donors (Lipinski definition) is 12. The second-order valence-corrected chi connectivity index (χ2v) is 6.16. The molecular weight excluding hydrogens is 403 g/mol. The summed E-state index contributed by atoms with van der Waals surface area (Å²) in [5, 5.41) is 0. The van der Waals surface area contributed by atoms with Crippen molar-refractivity contribution in [2.75, 3.05) is 0 Å². The molecule has 0 rings (SSSR count). The average molecular weight is 416 g/mol. The molecule has 0 amide bonds. The average Bonchev–Trinajstić information content (AvgIpc) is 1.62. The summed E-state index contributed by atoms with van der Waals surface area (Å²) in [6, 6.07) is 0. The van der Waals surface area contributed by atoms with E-state index in [2.05, 4.69) is 0 Å². The molecule has 0 fully saturated rings. The molecule has 0 aromatic heterocycles. The van der Waals surface area contributed by atoms with Crippen molar-refractivity contribution in [3.63, 3.8) is 0 Å². The third-order valence-corrected chi connectivity index (χ3v) is 0. The fourth-order valence-electron chi connectivity index (χ4n) is 0. The molecule has 0 aromatic carbocycles. The van der Waals surface area contributed by atoms with E-state index in [9.17, 15) is 0 Å². The summed E-state index contributed by atoms with van der Waals surface area (Å²) in [6.45, 7) is 0. The Morgan fingerprint density at radius 2 is 0.333 bits per heavy atom. The summed E-state index contributed by atoms with van der Waals surface area (Å²) in [4.78, 5) is 86.2. The van der Waals surface area contributed by atoms with E-state index in [1.54, 1.807) is 0 Å². The third-order valence-electron chi connectivity index (χ3n) is 0. The molecule has 0 aliphatic carbocycles. The van der Waals surface area contributed by atoms with Crippen LogP contribution in [-0.2, 0) is 18.3 Å². The molecule has 0 saturated carbocycles. The molecule has 21 heteroatoms. The summed E-state index contributed by atoms with van der Waals surface area (Å²) in [5.41, 5.74) is 0. The Bertz CT molecular complexity index is 285. The fourth-order valence-corrected chi connectivity index (χ4v) is 0. The van der Waals surface area contributed by atoms with Crippen LogP contribution in [0.15, 0.2) is 0 Å². The van der Waals surface area contributed by atoms with Crippen molar-refractivity contribution in [1.29, 1.82) is 0 Å². The standard InChI is InChI=1S/Na.4H3O4P.H/c;4*1-5(2,3)4;/h;4*(H3,1,2,3,4);. The van der Waals surface area contributed by atoms with Gasteiger partial charge in [-0.1, -0.05) is 0 Å². The quantitative estimate of drug-likeness (QED) is 0.131. The molecule has 0 saturated heterocycles. The van der Waals surface area contributed by atoms with Gasteiger partial charge in [-0.3, -0.25) is 0 Å². The normalized spacial score (nSPS) is 11.2. The van der Waals surface area contributed by atoms with Crippen LogP contribution in [0.5, 0.6) is 0 Å². The minimum atomic E-state index is -4.64. The van der Waals surface area contributed by atoms with Gasteiger partial charge < -0.3 is 58.7 Å². The molecule has 0 unspecified atom stereocenters. The van der Waals surface area contributed by atoms with Crippen molar-refractivity contribution >= 4 is 60.8 Å². The van der Waals surface area contributed by atoms with E-state index in [1.165, 1.54) is 0 Å². The van der Waals surface area contributed by atoms with Crippen molar-refractivity contribution in [2.24, 2.45) is 0 Å². The maximum absolute atomic E-state index is 8.88. The predicted octanol–water partition coefficient (Wildman–Crippen LogP) is -4.36. The first kappa shape index (κ1) is 33.9. The van der Waals surface area contributed by atoms with Gasteiger partial charge in [-0.15, -0.1) is 0 Å². The Labute approximate surface area is 138 Å². The van der Waals surface area contributed by atoms with Gasteiger partial charge in [0.05, 0.1) is 0 Å². The van der Waals surface area contributed by atoms with E-state index in [1.807, 2.05) is 0 Å². The van der Waals surface area contributed by atoms with Crippen LogP contribution in [0, 0.1) is 0 Å². The van der Waals surface area contributed by atoms with Crippen LogP contribution >= 0.6 is 31.3 Å². The molecule has 0 atom stereocenters. The SMILES string of the molecule is O=P(O)(O)O.O=P(O)(O)O.O=P(O)(O)O.O=P(O)(O)O.[NaH]. The van der Waals surface area contributed by atoms with Crippen molar-refractivity contribution in [2.45, 2.75) is 0 Å². The van der Waals surface area contributed by atoms with Gasteiger partial charge in [-0.25, -0.2) is 18.3 Å². The molecule has 0 aromatic rings. The minimum absolute atomic E-state index is 0. The Morgan fingerprint density at radius 3 is 0.333 bits per heavy atom. The number of hydrogen-bond acceptors (Lipinski definition) is 4. The molecule has 0 radical (unpaired) electrons. The first-order valence-electron chi connectivity index (χ1n) is 3.13. The van der Waals surface area contributed by atoms with Crippen LogP contribution in [0.2, 0.25) is 0 Å².